The lowest BCUT2D eigenvalue weighted by molar-refractivity contribution is -0.137. The van der Waals surface area contributed by atoms with Gasteiger partial charge in [-0.25, -0.2) is 0 Å². The summed E-state index contributed by atoms with van der Waals surface area (Å²) in [7, 11) is 1.56. The van der Waals surface area contributed by atoms with Crippen molar-refractivity contribution in [3.05, 3.63) is 23.8 Å². The number of carboxylic acids is 1. The van der Waals surface area contributed by atoms with E-state index in [9.17, 15) is 4.79 Å². The summed E-state index contributed by atoms with van der Waals surface area (Å²) in [4.78, 5) is 10.4. The van der Waals surface area contributed by atoms with Crippen molar-refractivity contribution in [2.45, 2.75) is 25.8 Å². The van der Waals surface area contributed by atoms with Crippen LogP contribution in [-0.4, -0.2) is 24.8 Å². The molecule has 5 heteroatoms. The second kappa shape index (κ2) is 6.86. The van der Waals surface area contributed by atoms with Crippen molar-refractivity contribution in [2.24, 2.45) is 5.73 Å². The van der Waals surface area contributed by atoms with Gasteiger partial charge in [0.05, 0.1) is 13.7 Å². The summed E-state index contributed by atoms with van der Waals surface area (Å²) in [6, 6.07) is 5.43. The zero-order chi connectivity index (χ0) is 13.5. The van der Waals surface area contributed by atoms with Gasteiger partial charge in [0.25, 0.3) is 0 Å². The van der Waals surface area contributed by atoms with Gasteiger partial charge in [-0.3, -0.25) is 4.79 Å². The topological polar surface area (TPSA) is 81.8 Å². The lowest BCUT2D eigenvalue weighted by Crippen LogP contribution is -2.06. The van der Waals surface area contributed by atoms with Gasteiger partial charge < -0.3 is 20.3 Å². The largest absolute Gasteiger partial charge is 0.493 e. The third-order valence-electron chi connectivity index (χ3n) is 2.51. The predicted molar refractivity (Wildman–Crippen MR) is 68.0 cm³/mol. The van der Waals surface area contributed by atoms with Crippen molar-refractivity contribution in [3.63, 3.8) is 0 Å². The average molecular weight is 253 g/mol. The SMILES string of the molecule is COc1cc(C(C)N)ccc1OCCCC(=O)O. The molecule has 1 unspecified atom stereocenters. The van der Waals surface area contributed by atoms with Crippen molar-refractivity contribution >= 4 is 5.97 Å². The summed E-state index contributed by atoms with van der Waals surface area (Å²) in [5, 5.41) is 8.51. The first kappa shape index (κ1) is 14.3. The molecule has 0 saturated carbocycles. The molecule has 1 aromatic carbocycles. The molecule has 0 amide bonds. The molecule has 1 atom stereocenters. The van der Waals surface area contributed by atoms with Crippen LogP contribution >= 0.6 is 0 Å². The van der Waals surface area contributed by atoms with Crippen LogP contribution in [0.25, 0.3) is 0 Å². The van der Waals surface area contributed by atoms with E-state index in [1.165, 1.54) is 0 Å². The fraction of sp³-hybridized carbons (Fsp3) is 0.462. The maximum Gasteiger partial charge on any atom is 0.303 e. The number of hydrogen-bond acceptors (Lipinski definition) is 4. The van der Waals surface area contributed by atoms with Gasteiger partial charge >= 0.3 is 5.97 Å². The lowest BCUT2D eigenvalue weighted by Gasteiger charge is -2.13. The highest BCUT2D eigenvalue weighted by molar-refractivity contribution is 5.66. The maximum atomic E-state index is 10.4. The molecule has 0 radical (unpaired) electrons. The first-order valence-corrected chi connectivity index (χ1v) is 5.82. The minimum Gasteiger partial charge on any atom is -0.493 e. The Bertz CT molecular complexity index is 404. The first-order valence-electron chi connectivity index (χ1n) is 5.82. The minimum absolute atomic E-state index is 0.0695. The van der Waals surface area contributed by atoms with Gasteiger partial charge in [-0.05, 0) is 31.0 Å². The van der Waals surface area contributed by atoms with Crippen LogP contribution < -0.4 is 15.2 Å². The Morgan fingerprint density at radius 2 is 2.17 bits per heavy atom. The summed E-state index contributed by atoms with van der Waals surface area (Å²) >= 11 is 0. The highest BCUT2D eigenvalue weighted by Crippen LogP contribution is 2.29. The van der Waals surface area contributed by atoms with Crippen LogP contribution in [-0.2, 0) is 4.79 Å². The second-order valence-corrected chi connectivity index (χ2v) is 4.04. The van der Waals surface area contributed by atoms with E-state index in [0.29, 0.717) is 24.5 Å². The summed E-state index contributed by atoms with van der Waals surface area (Å²) < 4.78 is 10.7. The summed E-state index contributed by atoms with van der Waals surface area (Å²) in [5.74, 6) is 0.394. The number of methoxy groups -OCH3 is 1. The van der Waals surface area contributed by atoms with Gasteiger partial charge in [-0.2, -0.15) is 0 Å². The zero-order valence-electron chi connectivity index (χ0n) is 10.7. The van der Waals surface area contributed by atoms with E-state index in [1.807, 2.05) is 19.1 Å². The molecule has 0 heterocycles. The Morgan fingerprint density at radius 3 is 2.72 bits per heavy atom. The Hall–Kier alpha value is -1.75. The van der Waals surface area contributed by atoms with Crippen LogP contribution in [0.2, 0.25) is 0 Å². The van der Waals surface area contributed by atoms with Crippen LogP contribution in [0, 0.1) is 0 Å². The zero-order valence-corrected chi connectivity index (χ0v) is 10.7. The van der Waals surface area contributed by atoms with Gasteiger partial charge in [0.1, 0.15) is 0 Å². The number of benzene rings is 1. The third kappa shape index (κ3) is 4.25. The van der Waals surface area contributed by atoms with Gasteiger partial charge in [0.2, 0.25) is 0 Å². The van der Waals surface area contributed by atoms with Gasteiger partial charge in [-0.15, -0.1) is 0 Å². The molecule has 0 fully saturated rings. The Balaban J connectivity index is 2.62. The van der Waals surface area contributed by atoms with E-state index < -0.39 is 5.97 Å². The van der Waals surface area contributed by atoms with Crippen LogP contribution in [0.5, 0.6) is 11.5 Å². The van der Waals surface area contributed by atoms with E-state index in [1.54, 1.807) is 13.2 Å². The van der Waals surface area contributed by atoms with Gasteiger partial charge in [0, 0.05) is 12.5 Å². The van der Waals surface area contributed by atoms with Gasteiger partial charge in [0.15, 0.2) is 11.5 Å². The van der Waals surface area contributed by atoms with E-state index >= 15 is 0 Å². The van der Waals surface area contributed by atoms with Crippen LogP contribution in [0.3, 0.4) is 0 Å². The molecule has 18 heavy (non-hydrogen) atoms. The van der Waals surface area contributed by atoms with Crippen molar-refractivity contribution < 1.29 is 19.4 Å². The summed E-state index contributed by atoms with van der Waals surface area (Å²) in [6.45, 7) is 2.24. The normalized spacial score (nSPS) is 11.9. The standard InChI is InChI=1S/C13H19NO4/c1-9(14)10-5-6-11(12(8-10)17-2)18-7-3-4-13(15)16/h5-6,8-9H,3-4,7,14H2,1-2H3,(H,15,16). The highest BCUT2D eigenvalue weighted by atomic mass is 16.5. The van der Waals surface area contributed by atoms with Crippen LogP contribution in [0.1, 0.15) is 31.4 Å². The number of ether oxygens (including phenoxy) is 2. The molecular weight excluding hydrogens is 234 g/mol. The molecule has 0 spiro atoms. The van der Waals surface area contributed by atoms with Crippen molar-refractivity contribution in [1.29, 1.82) is 0 Å². The molecule has 3 N–H and O–H groups in total. The highest BCUT2D eigenvalue weighted by Gasteiger charge is 2.08. The smallest absolute Gasteiger partial charge is 0.303 e. The van der Waals surface area contributed by atoms with Crippen molar-refractivity contribution in [2.75, 3.05) is 13.7 Å². The molecule has 0 aliphatic rings. The molecule has 0 aliphatic carbocycles. The third-order valence-corrected chi connectivity index (χ3v) is 2.51. The molecule has 5 nitrogen and oxygen atoms in total. The van der Waals surface area contributed by atoms with Gasteiger partial charge in [-0.1, -0.05) is 6.07 Å². The predicted octanol–water partition coefficient (Wildman–Crippen LogP) is 1.96. The van der Waals surface area contributed by atoms with Crippen LogP contribution in [0.4, 0.5) is 0 Å². The summed E-state index contributed by atoms with van der Waals surface area (Å²) in [5.41, 5.74) is 6.74. The number of hydrogen-bond donors (Lipinski definition) is 2. The molecule has 1 aromatic rings. The number of carbonyl (C=O) groups is 1. The number of rotatable bonds is 7. The molecule has 0 aliphatic heterocycles. The maximum absolute atomic E-state index is 10.4. The molecule has 100 valence electrons. The number of aliphatic carboxylic acids is 1. The minimum atomic E-state index is -0.821. The molecule has 1 rings (SSSR count). The molecule has 0 aromatic heterocycles. The quantitative estimate of drug-likeness (QED) is 0.726. The van der Waals surface area contributed by atoms with E-state index in [4.69, 9.17) is 20.3 Å². The molecular formula is C13H19NO4. The van der Waals surface area contributed by atoms with E-state index in [0.717, 1.165) is 5.56 Å². The Morgan fingerprint density at radius 1 is 1.44 bits per heavy atom. The van der Waals surface area contributed by atoms with Crippen LogP contribution in [0.15, 0.2) is 18.2 Å². The first-order chi connectivity index (χ1) is 8.54. The molecule has 0 saturated heterocycles. The fourth-order valence-corrected chi connectivity index (χ4v) is 1.49. The average Bonchev–Trinajstić information content (AvgIpc) is 2.34. The fourth-order valence-electron chi connectivity index (χ4n) is 1.49. The molecule has 0 bridgehead atoms. The number of carboxylic acid groups (broad SMARTS) is 1. The van der Waals surface area contributed by atoms with Crippen molar-refractivity contribution in [1.82, 2.24) is 0 Å². The Labute approximate surface area is 107 Å². The van der Waals surface area contributed by atoms with E-state index in [-0.39, 0.29) is 12.5 Å². The summed E-state index contributed by atoms with van der Waals surface area (Å²) in [6.07, 6.45) is 0.563. The van der Waals surface area contributed by atoms with E-state index in [2.05, 4.69) is 0 Å². The second-order valence-electron chi connectivity index (χ2n) is 4.04. The monoisotopic (exact) mass is 253 g/mol. The Kier molecular flexibility index (Phi) is 5.45. The lowest BCUT2D eigenvalue weighted by atomic mass is 10.1. The number of nitrogens with two attached hydrogens (primary N) is 1. The van der Waals surface area contributed by atoms with Crippen molar-refractivity contribution in [3.8, 4) is 11.5 Å².